The van der Waals surface area contributed by atoms with Crippen molar-refractivity contribution in [2.45, 2.75) is 51.4 Å². The lowest BCUT2D eigenvalue weighted by atomic mass is 9.59. The normalized spacial score (nSPS) is 25.8. The fourth-order valence-corrected chi connectivity index (χ4v) is 7.06. The van der Waals surface area contributed by atoms with Crippen LogP contribution < -0.4 is 4.74 Å². The van der Waals surface area contributed by atoms with Crippen LogP contribution in [-0.4, -0.2) is 57.6 Å². The van der Waals surface area contributed by atoms with Crippen molar-refractivity contribution in [2.24, 2.45) is 17.8 Å². The summed E-state index contributed by atoms with van der Waals surface area (Å²) in [6, 6.07) is 5.03. The highest BCUT2D eigenvalue weighted by Gasteiger charge is 2.56. The van der Waals surface area contributed by atoms with Gasteiger partial charge in [0.15, 0.2) is 23.1 Å². The van der Waals surface area contributed by atoms with E-state index >= 15 is 0 Å². The molecule has 0 spiro atoms. The number of ketones is 2. The lowest BCUT2D eigenvalue weighted by Crippen LogP contribution is -2.39. The zero-order valence-corrected chi connectivity index (χ0v) is 23.6. The summed E-state index contributed by atoms with van der Waals surface area (Å²) in [5.41, 5.74) is 1.74. The number of unbranched alkanes of at least 4 members (excludes halogenated alkanes) is 2. The van der Waals surface area contributed by atoms with E-state index in [1.54, 1.807) is 25.1 Å². The van der Waals surface area contributed by atoms with Gasteiger partial charge in [-0.05, 0) is 60.5 Å². The highest BCUT2D eigenvalue weighted by atomic mass is 79.9. The molecule has 0 aromatic heterocycles. The monoisotopic (exact) mass is 611 g/mol. The van der Waals surface area contributed by atoms with Gasteiger partial charge in [0, 0.05) is 41.7 Å². The molecule has 3 aliphatic carbocycles. The molecule has 2 amide bonds. The number of ether oxygens (including phenoxy) is 1. The summed E-state index contributed by atoms with van der Waals surface area (Å²) in [4.78, 5) is 65.8. The second-order valence-corrected chi connectivity index (χ2v) is 11.4. The number of carbonyl (C=O) groups is 5. The number of aliphatic carboxylic acids is 1. The molecular weight excluding hydrogens is 582 g/mol. The Balaban J connectivity index is 1.52. The summed E-state index contributed by atoms with van der Waals surface area (Å²) in [5.74, 6) is -4.52. The summed E-state index contributed by atoms with van der Waals surface area (Å²) in [7, 11) is 0. The van der Waals surface area contributed by atoms with E-state index < -0.39 is 29.6 Å². The maximum atomic E-state index is 13.7. The number of carboxylic acid groups (broad SMARTS) is 1. The summed E-state index contributed by atoms with van der Waals surface area (Å²) in [5, 5.41) is 20.0. The van der Waals surface area contributed by atoms with Crippen LogP contribution in [0.25, 0.3) is 0 Å². The number of hydrogen-bond acceptors (Lipinski definition) is 7. The molecule has 0 radical (unpaired) electrons. The topological polar surface area (TPSA) is 138 Å². The number of para-hydroxylation sites is 1. The molecule has 1 saturated heterocycles. The van der Waals surface area contributed by atoms with Crippen LogP contribution in [0.15, 0.2) is 51.6 Å². The molecule has 4 unspecified atom stereocenters. The van der Waals surface area contributed by atoms with Gasteiger partial charge in [-0.15, -0.1) is 0 Å². The molecule has 0 bridgehead atoms. The van der Waals surface area contributed by atoms with Crippen molar-refractivity contribution in [1.29, 1.82) is 0 Å². The average molecular weight is 612 g/mol. The van der Waals surface area contributed by atoms with Crippen molar-refractivity contribution in [2.75, 3.05) is 13.2 Å². The van der Waals surface area contributed by atoms with Gasteiger partial charge in [0.05, 0.1) is 22.9 Å². The highest BCUT2D eigenvalue weighted by molar-refractivity contribution is 9.12. The molecule has 1 aliphatic heterocycles. The number of carboxylic acids is 1. The second kappa shape index (κ2) is 11.2. The van der Waals surface area contributed by atoms with Crippen LogP contribution in [0.1, 0.15) is 56.9 Å². The molecule has 1 fully saturated rings. The van der Waals surface area contributed by atoms with E-state index in [1.807, 2.05) is 6.08 Å². The van der Waals surface area contributed by atoms with E-state index in [2.05, 4.69) is 15.9 Å². The lowest BCUT2D eigenvalue weighted by molar-refractivity contribution is -0.141. The van der Waals surface area contributed by atoms with E-state index in [4.69, 9.17) is 9.84 Å². The molecule has 10 heteroatoms. The van der Waals surface area contributed by atoms with Gasteiger partial charge in [-0.25, -0.2) is 0 Å². The predicted octanol–water partition coefficient (Wildman–Crippen LogP) is 4.20. The zero-order chi connectivity index (χ0) is 28.7. The first-order chi connectivity index (χ1) is 19.1. The van der Waals surface area contributed by atoms with Crippen molar-refractivity contribution in [3.05, 3.63) is 57.1 Å². The summed E-state index contributed by atoms with van der Waals surface area (Å²) in [6.07, 6.45) is 5.20. The molecule has 5 rings (SSSR count). The van der Waals surface area contributed by atoms with Crippen LogP contribution >= 0.6 is 15.9 Å². The van der Waals surface area contributed by atoms with Crippen molar-refractivity contribution >= 4 is 45.3 Å². The predicted molar refractivity (Wildman–Crippen MR) is 147 cm³/mol. The van der Waals surface area contributed by atoms with Crippen molar-refractivity contribution in [1.82, 2.24) is 4.90 Å². The number of benzene rings is 1. The third-order valence-electron chi connectivity index (χ3n) is 8.34. The number of rotatable bonds is 9. The summed E-state index contributed by atoms with van der Waals surface area (Å²) < 4.78 is 5.73. The number of fused-ring (bicyclic) bond motifs is 3. The number of phenols is 1. The van der Waals surface area contributed by atoms with Gasteiger partial charge in [0.2, 0.25) is 11.8 Å². The number of Topliss-reactive ketones (excluding diaryl/α,β-unsaturated/α-hetero) is 1. The number of imide groups is 1. The Labute approximate surface area is 239 Å². The Morgan fingerprint density at radius 2 is 1.88 bits per heavy atom. The van der Waals surface area contributed by atoms with Gasteiger partial charge in [0.25, 0.3) is 0 Å². The minimum absolute atomic E-state index is 0.0371. The largest absolute Gasteiger partial charge is 0.504 e. The van der Waals surface area contributed by atoms with Crippen LogP contribution in [0.3, 0.4) is 0 Å². The first kappa shape index (κ1) is 28.0. The van der Waals surface area contributed by atoms with E-state index in [0.717, 1.165) is 5.57 Å². The van der Waals surface area contributed by atoms with Crippen LogP contribution in [0, 0.1) is 17.8 Å². The number of carbonyl (C=O) groups excluding carboxylic acids is 4. The molecule has 2 N–H and O–H groups in total. The minimum Gasteiger partial charge on any atom is -0.504 e. The highest BCUT2D eigenvalue weighted by Crippen LogP contribution is 2.56. The van der Waals surface area contributed by atoms with Gasteiger partial charge in [-0.2, -0.15) is 0 Å². The third-order valence-corrected chi connectivity index (χ3v) is 8.92. The SMILES string of the molecule is CCOc1cccc(C2C3=CCC4C(=O)N(CCCCCC(=O)O)C(=O)C4C3CC3=C2C(=O)C=C(Br)C3=O)c1O. The standard InChI is InChI=1S/C30H30BrNO8/c1-2-40-22-8-6-7-16(28(22)37)24-15-10-11-17-25(18(15)13-19-26(24)21(33)14-20(31)27(19)36)30(39)32(29(17)38)12-5-3-4-9-23(34)35/h6-8,10,14,17-18,24-25,37H,2-5,9,11-13H2,1H3,(H,34,35). The Morgan fingerprint density at radius 1 is 1.10 bits per heavy atom. The molecule has 9 nitrogen and oxygen atoms in total. The van der Waals surface area contributed by atoms with Gasteiger partial charge in [0.1, 0.15) is 0 Å². The van der Waals surface area contributed by atoms with Gasteiger partial charge >= 0.3 is 5.97 Å². The first-order valence-electron chi connectivity index (χ1n) is 13.6. The van der Waals surface area contributed by atoms with E-state index in [0.29, 0.717) is 43.4 Å². The summed E-state index contributed by atoms with van der Waals surface area (Å²) >= 11 is 3.21. The van der Waals surface area contributed by atoms with E-state index in [1.165, 1.54) is 11.0 Å². The Hall–Kier alpha value is -3.53. The van der Waals surface area contributed by atoms with E-state index in [-0.39, 0.29) is 64.3 Å². The van der Waals surface area contributed by atoms with E-state index in [9.17, 15) is 29.1 Å². The number of likely N-dealkylation sites (tertiary alicyclic amines) is 1. The molecule has 4 aliphatic rings. The zero-order valence-electron chi connectivity index (χ0n) is 22.0. The Morgan fingerprint density at radius 3 is 2.60 bits per heavy atom. The maximum absolute atomic E-state index is 13.7. The second-order valence-electron chi connectivity index (χ2n) is 10.6. The number of halogens is 1. The third kappa shape index (κ3) is 4.72. The van der Waals surface area contributed by atoms with Crippen molar-refractivity contribution < 1.29 is 38.9 Å². The van der Waals surface area contributed by atoms with Crippen LogP contribution in [-0.2, 0) is 24.0 Å². The van der Waals surface area contributed by atoms with Crippen molar-refractivity contribution in [3.63, 3.8) is 0 Å². The molecule has 1 aromatic carbocycles. The average Bonchev–Trinajstić information content (AvgIpc) is 3.16. The van der Waals surface area contributed by atoms with Gasteiger partial charge < -0.3 is 14.9 Å². The lowest BCUT2D eigenvalue weighted by Gasteiger charge is -2.42. The quantitative estimate of drug-likeness (QED) is 0.183. The number of phenolic OH excluding ortho intramolecular Hbond substituents is 1. The molecule has 0 saturated carbocycles. The Bertz CT molecular complexity index is 1410. The fourth-order valence-electron chi connectivity index (χ4n) is 6.61. The maximum Gasteiger partial charge on any atom is 0.303 e. The molecular formula is C30H30BrNO8. The number of aromatic hydroxyl groups is 1. The van der Waals surface area contributed by atoms with Gasteiger partial charge in [-0.3, -0.25) is 28.9 Å². The molecule has 1 aromatic rings. The van der Waals surface area contributed by atoms with Crippen molar-refractivity contribution in [3.8, 4) is 11.5 Å². The fraction of sp³-hybridized carbons (Fsp3) is 0.433. The molecule has 4 atom stereocenters. The molecule has 40 heavy (non-hydrogen) atoms. The number of hydrogen-bond donors (Lipinski definition) is 2. The Kier molecular flexibility index (Phi) is 7.81. The number of allylic oxidation sites excluding steroid dienone is 6. The number of amides is 2. The number of nitrogens with zero attached hydrogens (tertiary/aromatic N) is 1. The van der Waals surface area contributed by atoms with Crippen LogP contribution in [0.2, 0.25) is 0 Å². The smallest absolute Gasteiger partial charge is 0.303 e. The van der Waals surface area contributed by atoms with Gasteiger partial charge in [-0.1, -0.05) is 30.2 Å². The van der Waals surface area contributed by atoms with Crippen LogP contribution in [0.5, 0.6) is 11.5 Å². The molecule has 1 heterocycles. The minimum atomic E-state index is -0.881. The first-order valence-corrected chi connectivity index (χ1v) is 14.4. The summed E-state index contributed by atoms with van der Waals surface area (Å²) in [6.45, 7) is 2.33. The molecule has 210 valence electrons. The van der Waals surface area contributed by atoms with Crippen LogP contribution in [0.4, 0.5) is 0 Å².